The van der Waals surface area contributed by atoms with Gasteiger partial charge in [0.1, 0.15) is 22.5 Å². The Balaban J connectivity index is 2.03. The molecule has 0 fully saturated rings. The lowest BCUT2D eigenvalue weighted by Crippen LogP contribution is -2.33. The van der Waals surface area contributed by atoms with Crippen molar-refractivity contribution in [2.24, 2.45) is 0 Å². The molecule has 0 aliphatic heterocycles. The Morgan fingerprint density at radius 2 is 1.97 bits per heavy atom. The lowest BCUT2D eigenvalue weighted by Gasteiger charge is -2.14. The third-order valence-electron chi connectivity index (χ3n) is 4.79. The molecule has 4 aromatic rings. The summed E-state index contributed by atoms with van der Waals surface area (Å²) in [5.74, 6) is 0.286. The number of pyridine rings is 2. The van der Waals surface area contributed by atoms with E-state index < -0.39 is 5.91 Å². The summed E-state index contributed by atoms with van der Waals surface area (Å²) in [6, 6.07) is 14.1. The number of carbonyl (C=O) groups is 1. The molecule has 1 aromatic carbocycles. The van der Waals surface area contributed by atoms with Crippen molar-refractivity contribution >= 4 is 22.6 Å². The Morgan fingerprint density at radius 1 is 1.21 bits per heavy atom. The highest BCUT2D eigenvalue weighted by Gasteiger charge is 2.17. The van der Waals surface area contributed by atoms with Crippen LogP contribution in [0.15, 0.2) is 59.5 Å². The second kappa shape index (κ2) is 7.23. The van der Waals surface area contributed by atoms with E-state index in [2.05, 4.69) is 10.3 Å². The number of nitrogens with zero attached hydrogens (tertiary/aromatic N) is 3. The van der Waals surface area contributed by atoms with Crippen LogP contribution >= 0.6 is 0 Å². The van der Waals surface area contributed by atoms with Gasteiger partial charge in [-0.2, -0.15) is 0 Å². The second-order valence-electron chi connectivity index (χ2n) is 6.50. The number of benzene rings is 1. The van der Waals surface area contributed by atoms with Crippen LogP contribution in [-0.2, 0) is 6.54 Å². The number of carbonyl (C=O) groups excluding carboxylic acids is 1. The molecule has 8 heteroatoms. The number of amides is 1. The number of rotatable bonds is 4. The Morgan fingerprint density at radius 3 is 2.66 bits per heavy atom. The largest absolute Gasteiger partial charge is 0.497 e. The van der Waals surface area contributed by atoms with Gasteiger partial charge in [0.25, 0.3) is 11.5 Å². The van der Waals surface area contributed by atoms with Gasteiger partial charge in [-0.3, -0.25) is 19.4 Å². The van der Waals surface area contributed by atoms with E-state index in [-0.39, 0.29) is 28.5 Å². The molecule has 0 aliphatic rings. The predicted molar refractivity (Wildman–Crippen MR) is 108 cm³/mol. The number of methoxy groups -OCH3 is 1. The third-order valence-corrected chi connectivity index (χ3v) is 4.79. The summed E-state index contributed by atoms with van der Waals surface area (Å²) in [5, 5.41) is 11.4. The van der Waals surface area contributed by atoms with E-state index in [0.29, 0.717) is 11.3 Å². The van der Waals surface area contributed by atoms with Crippen LogP contribution in [0.25, 0.3) is 16.7 Å². The van der Waals surface area contributed by atoms with Crippen LogP contribution in [0.2, 0.25) is 0 Å². The van der Waals surface area contributed by atoms with E-state index >= 15 is 0 Å². The number of hydrogen-bond donors (Lipinski definition) is 2. The van der Waals surface area contributed by atoms with Crippen LogP contribution in [-0.4, -0.2) is 34.0 Å². The van der Waals surface area contributed by atoms with Gasteiger partial charge in [0.05, 0.1) is 24.6 Å². The average Bonchev–Trinajstić information content (AvgIpc) is 2.76. The first-order valence-corrected chi connectivity index (χ1v) is 8.98. The zero-order chi connectivity index (χ0) is 20.5. The minimum atomic E-state index is -0.432. The van der Waals surface area contributed by atoms with E-state index in [9.17, 15) is 9.59 Å². The molecular formula is C21H19N5O3. The zero-order valence-electron chi connectivity index (χ0n) is 16.0. The predicted octanol–water partition coefficient (Wildman–Crippen LogP) is 1.55. The average molecular weight is 389 g/mol. The lowest BCUT2D eigenvalue weighted by atomic mass is 10.1. The smallest absolute Gasteiger partial charge is 0.267 e. The highest BCUT2D eigenvalue weighted by Crippen LogP contribution is 2.15. The van der Waals surface area contributed by atoms with Gasteiger partial charge in [0, 0.05) is 13.2 Å². The molecule has 3 aromatic heterocycles. The number of aromatic nitrogens is 3. The maximum Gasteiger partial charge on any atom is 0.267 e. The van der Waals surface area contributed by atoms with Crippen molar-refractivity contribution in [3.05, 3.63) is 81.7 Å². The Labute approximate surface area is 165 Å². The molecule has 0 unspecified atom stereocenters. The minimum Gasteiger partial charge on any atom is -0.497 e. The monoisotopic (exact) mass is 389 g/mol. The van der Waals surface area contributed by atoms with Crippen LogP contribution in [0, 0.1) is 5.41 Å². The summed E-state index contributed by atoms with van der Waals surface area (Å²) >= 11 is 0. The third kappa shape index (κ3) is 3.14. The van der Waals surface area contributed by atoms with Crippen LogP contribution in [0.3, 0.4) is 0 Å². The van der Waals surface area contributed by atoms with Crippen LogP contribution < -0.4 is 21.1 Å². The van der Waals surface area contributed by atoms with Crippen molar-refractivity contribution in [3.8, 4) is 5.75 Å². The fourth-order valence-corrected chi connectivity index (χ4v) is 3.26. The second-order valence-corrected chi connectivity index (χ2v) is 6.50. The number of ether oxygens (including phenoxy) is 1. The molecule has 4 rings (SSSR count). The molecule has 0 spiro atoms. The van der Waals surface area contributed by atoms with Gasteiger partial charge in [-0.25, -0.2) is 4.98 Å². The minimum absolute atomic E-state index is 0.0140. The molecule has 3 heterocycles. The van der Waals surface area contributed by atoms with Crippen molar-refractivity contribution in [3.63, 3.8) is 0 Å². The van der Waals surface area contributed by atoms with Gasteiger partial charge in [0.15, 0.2) is 0 Å². The quantitative estimate of drug-likeness (QED) is 0.517. The first-order chi connectivity index (χ1) is 14.0. The van der Waals surface area contributed by atoms with Crippen molar-refractivity contribution in [2.75, 3.05) is 14.2 Å². The molecule has 0 saturated carbocycles. The van der Waals surface area contributed by atoms with Gasteiger partial charge in [-0.05, 0) is 35.9 Å². The summed E-state index contributed by atoms with van der Waals surface area (Å²) < 4.78 is 8.20. The van der Waals surface area contributed by atoms with E-state index in [0.717, 1.165) is 11.3 Å². The Bertz CT molecular complexity index is 1350. The maximum absolute atomic E-state index is 13.1. The first-order valence-electron chi connectivity index (χ1n) is 8.98. The van der Waals surface area contributed by atoms with Crippen molar-refractivity contribution in [2.45, 2.75) is 6.54 Å². The van der Waals surface area contributed by atoms with Gasteiger partial charge >= 0.3 is 0 Å². The highest BCUT2D eigenvalue weighted by molar-refractivity contribution is 5.96. The zero-order valence-corrected chi connectivity index (χ0v) is 16.0. The van der Waals surface area contributed by atoms with Gasteiger partial charge in [-0.15, -0.1) is 0 Å². The first kappa shape index (κ1) is 18.4. The number of fused-ring (bicyclic) bond motifs is 2. The summed E-state index contributed by atoms with van der Waals surface area (Å²) in [5.41, 5.74) is 1.52. The Hall–Kier alpha value is -3.94. The van der Waals surface area contributed by atoms with Crippen LogP contribution in [0.5, 0.6) is 5.75 Å². The van der Waals surface area contributed by atoms with Crippen molar-refractivity contribution in [1.29, 1.82) is 5.41 Å². The maximum atomic E-state index is 13.1. The van der Waals surface area contributed by atoms with E-state index in [1.165, 1.54) is 17.5 Å². The van der Waals surface area contributed by atoms with Gasteiger partial charge in [0.2, 0.25) is 0 Å². The fraction of sp³-hybridized carbons (Fsp3) is 0.143. The number of nitrogens with one attached hydrogen (secondary N) is 2. The molecular weight excluding hydrogens is 370 g/mol. The molecule has 1 amide bonds. The summed E-state index contributed by atoms with van der Waals surface area (Å²) in [4.78, 5) is 30.0. The molecule has 8 nitrogen and oxygen atoms in total. The van der Waals surface area contributed by atoms with Gasteiger partial charge in [-0.1, -0.05) is 18.2 Å². The summed E-state index contributed by atoms with van der Waals surface area (Å²) in [7, 11) is 3.08. The molecule has 0 aliphatic carbocycles. The highest BCUT2D eigenvalue weighted by atomic mass is 16.5. The van der Waals surface area contributed by atoms with Crippen molar-refractivity contribution < 1.29 is 9.53 Å². The molecule has 0 atom stereocenters. The van der Waals surface area contributed by atoms with E-state index in [1.54, 1.807) is 36.1 Å². The van der Waals surface area contributed by atoms with Gasteiger partial charge < -0.3 is 14.6 Å². The molecule has 29 heavy (non-hydrogen) atoms. The fourth-order valence-electron chi connectivity index (χ4n) is 3.26. The summed E-state index contributed by atoms with van der Waals surface area (Å²) in [6.45, 7) is 0.277. The Kier molecular flexibility index (Phi) is 4.59. The van der Waals surface area contributed by atoms with Crippen molar-refractivity contribution in [1.82, 2.24) is 19.3 Å². The van der Waals surface area contributed by atoms with E-state index in [1.807, 2.05) is 24.3 Å². The summed E-state index contributed by atoms with van der Waals surface area (Å²) in [6.07, 6.45) is 1.63. The topological polar surface area (TPSA) is 101 Å². The number of hydrogen-bond acceptors (Lipinski definition) is 5. The molecule has 146 valence electrons. The molecule has 0 bridgehead atoms. The van der Waals surface area contributed by atoms with Crippen LogP contribution in [0.4, 0.5) is 0 Å². The standard InChI is InChI=1S/C21H19N5O3/c1-23-20(27)15-11-16-19(24-17-5-3-4-10-25(17)21(16)28)26(18(15)22)12-13-6-8-14(29-2)9-7-13/h3-11,22H,12H2,1-2H3,(H,23,27). The molecule has 0 saturated heterocycles. The molecule has 0 radical (unpaired) electrons. The molecule has 2 N–H and O–H groups in total. The SMILES string of the molecule is CNC(=O)c1cc2c(=O)n3ccccc3nc2n(Cc2ccc(OC)cc2)c1=N. The van der Waals surface area contributed by atoms with E-state index in [4.69, 9.17) is 10.1 Å². The van der Waals surface area contributed by atoms with Crippen LogP contribution in [0.1, 0.15) is 15.9 Å². The normalized spacial score (nSPS) is 11.0. The lowest BCUT2D eigenvalue weighted by molar-refractivity contribution is 0.0960.